The number of methoxy groups -OCH3 is 1. The Labute approximate surface area is 177 Å². The summed E-state index contributed by atoms with van der Waals surface area (Å²) < 4.78 is 22.6. The van der Waals surface area contributed by atoms with Crippen LogP contribution >= 0.6 is 0 Å². The Morgan fingerprint density at radius 1 is 1.07 bits per heavy atom. The van der Waals surface area contributed by atoms with E-state index < -0.39 is 0 Å². The van der Waals surface area contributed by atoms with Crippen LogP contribution in [0.15, 0.2) is 36.4 Å². The lowest BCUT2D eigenvalue weighted by atomic mass is 9.87. The molecule has 0 radical (unpaired) electrons. The highest BCUT2D eigenvalue weighted by molar-refractivity contribution is 5.71. The summed E-state index contributed by atoms with van der Waals surface area (Å²) in [7, 11) is 1.42. The number of esters is 1. The molecule has 5 nitrogen and oxygen atoms in total. The fourth-order valence-corrected chi connectivity index (χ4v) is 5.11. The standard InChI is InChI=1S/C25H28O5/c1-27-25(26)13-17-15-29-24-14-18(5-6-20(17)24)30-23-8-7-21-19(3-2-4-22(21)23)16-9-11-28-12-10-16/h2-6,14,16-17,23H,7-13,15H2,1H3. The zero-order valence-electron chi connectivity index (χ0n) is 17.4. The van der Waals surface area contributed by atoms with Gasteiger partial charge in [-0.25, -0.2) is 0 Å². The van der Waals surface area contributed by atoms with Gasteiger partial charge in [0.2, 0.25) is 0 Å². The molecule has 0 bridgehead atoms. The number of fused-ring (bicyclic) bond motifs is 2. The van der Waals surface area contributed by atoms with E-state index in [1.165, 1.54) is 23.8 Å². The van der Waals surface area contributed by atoms with Crippen molar-refractivity contribution in [3.63, 3.8) is 0 Å². The van der Waals surface area contributed by atoms with Crippen LogP contribution in [-0.2, 0) is 20.7 Å². The van der Waals surface area contributed by atoms with Gasteiger partial charge in [-0.2, -0.15) is 0 Å². The van der Waals surface area contributed by atoms with Gasteiger partial charge in [0, 0.05) is 30.8 Å². The van der Waals surface area contributed by atoms with Crippen LogP contribution < -0.4 is 9.47 Å². The minimum atomic E-state index is -0.209. The van der Waals surface area contributed by atoms with Gasteiger partial charge in [-0.1, -0.05) is 24.3 Å². The lowest BCUT2D eigenvalue weighted by Crippen LogP contribution is -2.15. The quantitative estimate of drug-likeness (QED) is 0.672. The van der Waals surface area contributed by atoms with Crippen LogP contribution in [0.2, 0.25) is 0 Å². The number of ether oxygens (including phenoxy) is 4. The van der Waals surface area contributed by atoms with Gasteiger partial charge in [-0.15, -0.1) is 0 Å². The van der Waals surface area contributed by atoms with Crippen LogP contribution in [-0.4, -0.2) is 32.9 Å². The van der Waals surface area contributed by atoms with E-state index in [9.17, 15) is 4.79 Å². The first kappa shape index (κ1) is 19.4. The van der Waals surface area contributed by atoms with Gasteiger partial charge in [-0.05, 0) is 54.4 Å². The smallest absolute Gasteiger partial charge is 0.306 e. The highest BCUT2D eigenvalue weighted by atomic mass is 16.5. The summed E-state index contributed by atoms with van der Waals surface area (Å²) in [6.45, 7) is 2.23. The molecular formula is C25H28O5. The number of carbonyl (C=O) groups excluding carboxylic acids is 1. The van der Waals surface area contributed by atoms with E-state index in [2.05, 4.69) is 18.2 Å². The molecule has 2 aromatic carbocycles. The Morgan fingerprint density at radius 3 is 2.73 bits per heavy atom. The summed E-state index contributed by atoms with van der Waals surface area (Å²) in [6, 6.07) is 12.7. The molecule has 2 aliphatic heterocycles. The molecule has 0 N–H and O–H groups in total. The van der Waals surface area contributed by atoms with E-state index in [0.717, 1.165) is 56.0 Å². The van der Waals surface area contributed by atoms with Crippen LogP contribution in [0.5, 0.6) is 11.5 Å². The van der Waals surface area contributed by atoms with Gasteiger partial charge in [-0.3, -0.25) is 4.79 Å². The molecule has 0 aromatic heterocycles. The van der Waals surface area contributed by atoms with Crippen molar-refractivity contribution in [1.29, 1.82) is 0 Å². The maximum atomic E-state index is 11.6. The van der Waals surface area contributed by atoms with E-state index in [0.29, 0.717) is 18.9 Å². The van der Waals surface area contributed by atoms with Crippen molar-refractivity contribution >= 4 is 5.97 Å². The molecule has 1 aliphatic carbocycles. The fraction of sp³-hybridized carbons (Fsp3) is 0.480. The molecule has 5 heteroatoms. The minimum Gasteiger partial charge on any atom is -0.492 e. The first-order valence-corrected chi connectivity index (χ1v) is 10.9. The molecule has 0 amide bonds. The molecule has 2 heterocycles. The monoisotopic (exact) mass is 408 g/mol. The molecular weight excluding hydrogens is 380 g/mol. The van der Waals surface area contributed by atoms with E-state index in [1.54, 1.807) is 0 Å². The van der Waals surface area contributed by atoms with Crippen LogP contribution in [0.3, 0.4) is 0 Å². The lowest BCUT2D eigenvalue weighted by Gasteiger charge is -2.25. The van der Waals surface area contributed by atoms with Gasteiger partial charge >= 0.3 is 5.97 Å². The van der Waals surface area contributed by atoms with Crippen molar-refractivity contribution < 1.29 is 23.7 Å². The van der Waals surface area contributed by atoms with Crippen molar-refractivity contribution in [2.45, 2.75) is 50.0 Å². The second kappa shape index (κ2) is 8.31. The zero-order chi connectivity index (χ0) is 20.5. The molecule has 30 heavy (non-hydrogen) atoms. The van der Waals surface area contributed by atoms with Crippen LogP contribution in [0, 0.1) is 0 Å². The van der Waals surface area contributed by atoms with Crippen LogP contribution in [0.4, 0.5) is 0 Å². The number of hydrogen-bond acceptors (Lipinski definition) is 5. The average Bonchev–Trinajstić information content (AvgIpc) is 3.38. The van der Waals surface area contributed by atoms with E-state index in [1.807, 2.05) is 18.2 Å². The number of rotatable bonds is 5. The summed E-state index contributed by atoms with van der Waals surface area (Å²) in [5.41, 5.74) is 5.35. The summed E-state index contributed by atoms with van der Waals surface area (Å²) >= 11 is 0. The van der Waals surface area contributed by atoms with Crippen LogP contribution in [0.1, 0.15) is 65.9 Å². The lowest BCUT2D eigenvalue weighted by molar-refractivity contribution is -0.141. The highest BCUT2D eigenvalue weighted by Crippen LogP contribution is 2.43. The first-order chi connectivity index (χ1) is 14.7. The molecule has 1 saturated heterocycles. The molecule has 2 unspecified atom stereocenters. The third-order valence-corrected chi connectivity index (χ3v) is 6.70. The number of carbonyl (C=O) groups is 1. The Hall–Kier alpha value is -2.53. The Morgan fingerprint density at radius 2 is 1.90 bits per heavy atom. The summed E-state index contributed by atoms with van der Waals surface area (Å²) in [4.78, 5) is 11.6. The predicted octanol–water partition coefficient (Wildman–Crippen LogP) is 4.69. The minimum absolute atomic E-state index is 0.0516. The van der Waals surface area contributed by atoms with Crippen molar-refractivity contribution in [3.8, 4) is 11.5 Å². The van der Waals surface area contributed by atoms with E-state index >= 15 is 0 Å². The zero-order valence-corrected chi connectivity index (χ0v) is 17.4. The second-order valence-corrected chi connectivity index (χ2v) is 8.43. The topological polar surface area (TPSA) is 54.0 Å². The molecule has 3 aliphatic rings. The van der Waals surface area contributed by atoms with Gasteiger partial charge < -0.3 is 18.9 Å². The fourth-order valence-electron chi connectivity index (χ4n) is 5.11. The molecule has 1 fully saturated rings. The summed E-state index contributed by atoms with van der Waals surface area (Å²) in [6.07, 6.45) is 4.70. The third kappa shape index (κ3) is 3.67. The van der Waals surface area contributed by atoms with Crippen LogP contribution in [0.25, 0.3) is 0 Å². The van der Waals surface area contributed by atoms with Gasteiger partial charge in [0.1, 0.15) is 17.6 Å². The second-order valence-electron chi connectivity index (χ2n) is 8.43. The normalized spacial score (nSPS) is 22.8. The molecule has 158 valence electrons. The van der Waals surface area contributed by atoms with Gasteiger partial charge in [0.15, 0.2) is 0 Å². The van der Waals surface area contributed by atoms with Crippen molar-refractivity contribution in [1.82, 2.24) is 0 Å². The maximum absolute atomic E-state index is 11.6. The highest BCUT2D eigenvalue weighted by Gasteiger charge is 2.31. The Balaban J connectivity index is 1.32. The van der Waals surface area contributed by atoms with Gasteiger partial charge in [0.25, 0.3) is 0 Å². The van der Waals surface area contributed by atoms with Crippen molar-refractivity contribution in [3.05, 3.63) is 58.7 Å². The third-order valence-electron chi connectivity index (χ3n) is 6.70. The maximum Gasteiger partial charge on any atom is 0.306 e. The first-order valence-electron chi connectivity index (χ1n) is 10.9. The summed E-state index contributed by atoms with van der Waals surface area (Å²) in [5.74, 6) is 2.08. The Bertz CT molecular complexity index is 931. The Kier molecular flexibility index (Phi) is 5.38. The summed E-state index contributed by atoms with van der Waals surface area (Å²) in [5, 5.41) is 0. The SMILES string of the molecule is COC(=O)CC1COc2cc(OC3CCc4c(C5CCOCC5)cccc43)ccc21. The largest absolute Gasteiger partial charge is 0.492 e. The van der Waals surface area contributed by atoms with Crippen molar-refractivity contribution in [2.75, 3.05) is 26.9 Å². The average molecular weight is 408 g/mol. The van der Waals surface area contributed by atoms with Gasteiger partial charge in [0.05, 0.1) is 20.1 Å². The molecule has 0 spiro atoms. The molecule has 2 aromatic rings. The molecule has 0 saturated carbocycles. The van der Waals surface area contributed by atoms with E-state index in [4.69, 9.17) is 18.9 Å². The number of benzene rings is 2. The number of hydrogen-bond donors (Lipinski definition) is 0. The molecule has 2 atom stereocenters. The molecule has 5 rings (SSSR count). The predicted molar refractivity (Wildman–Crippen MR) is 112 cm³/mol. The van der Waals surface area contributed by atoms with E-state index in [-0.39, 0.29) is 18.0 Å². The van der Waals surface area contributed by atoms with Crippen molar-refractivity contribution in [2.24, 2.45) is 0 Å².